The lowest BCUT2D eigenvalue weighted by atomic mass is 9.77. The second kappa shape index (κ2) is 9.92. The molecule has 0 saturated carbocycles. The Kier molecular flexibility index (Phi) is 7.01. The summed E-state index contributed by atoms with van der Waals surface area (Å²) in [5, 5.41) is 0. The molecule has 2 heteroatoms. The Hall–Kier alpha value is -2.58. The highest BCUT2D eigenvalue weighted by atomic mass is 16.7. The SMILES string of the molecule is COC(Oc1ccc(C(CC(C)C)C(C)C)cc1)C1c2ccccc2Cc2ccccc21. The van der Waals surface area contributed by atoms with Crippen LogP contribution in [-0.2, 0) is 11.2 Å². The zero-order valence-corrected chi connectivity index (χ0v) is 20.0. The number of benzene rings is 3. The molecule has 0 N–H and O–H groups in total. The second-order valence-corrected chi connectivity index (χ2v) is 9.82. The Balaban J connectivity index is 1.61. The molecule has 0 aromatic heterocycles. The normalized spacial score (nSPS) is 15.3. The molecule has 2 unspecified atom stereocenters. The third-order valence-electron chi connectivity index (χ3n) is 6.76. The highest BCUT2D eigenvalue weighted by molar-refractivity contribution is 5.49. The first-order chi connectivity index (χ1) is 15.5. The van der Waals surface area contributed by atoms with Crippen LogP contribution in [0.1, 0.15) is 73.8 Å². The molecule has 4 rings (SSSR count). The van der Waals surface area contributed by atoms with Gasteiger partial charge >= 0.3 is 0 Å². The molecule has 2 atom stereocenters. The van der Waals surface area contributed by atoms with E-state index < -0.39 is 0 Å². The molecule has 0 fully saturated rings. The minimum atomic E-state index is -0.389. The summed E-state index contributed by atoms with van der Waals surface area (Å²) in [6.07, 6.45) is 1.77. The third-order valence-corrected chi connectivity index (χ3v) is 6.76. The van der Waals surface area contributed by atoms with Gasteiger partial charge in [0.25, 0.3) is 0 Å². The van der Waals surface area contributed by atoms with E-state index in [4.69, 9.17) is 9.47 Å². The zero-order valence-electron chi connectivity index (χ0n) is 20.0. The minimum absolute atomic E-state index is 0.0465. The summed E-state index contributed by atoms with van der Waals surface area (Å²) >= 11 is 0. The highest BCUT2D eigenvalue weighted by Crippen LogP contribution is 2.40. The number of fused-ring (bicyclic) bond motifs is 2. The number of hydrogen-bond donors (Lipinski definition) is 0. The van der Waals surface area contributed by atoms with E-state index in [1.165, 1.54) is 34.2 Å². The monoisotopic (exact) mass is 428 g/mol. The first kappa shape index (κ1) is 22.6. The van der Waals surface area contributed by atoms with E-state index in [9.17, 15) is 0 Å². The lowest BCUT2D eigenvalue weighted by molar-refractivity contribution is -0.0642. The molecule has 0 aliphatic heterocycles. The molecule has 168 valence electrons. The summed E-state index contributed by atoms with van der Waals surface area (Å²) in [5.74, 6) is 2.77. The molecular weight excluding hydrogens is 392 g/mol. The second-order valence-electron chi connectivity index (χ2n) is 9.82. The molecule has 3 aromatic carbocycles. The van der Waals surface area contributed by atoms with Crippen molar-refractivity contribution < 1.29 is 9.47 Å². The van der Waals surface area contributed by atoms with Gasteiger partial charge in [0.15, 0.2) is 0 Å². The molecule has 3 aromatic rings. The maximum atomic E-state index is 6.47. The third kappa shape index (κ3) is 4.76. The van der Waals surface area contributed by atoms with Gasteiger partial charge in [-0.25, -0.2) is 0 Å². The number of methoxy groups -OCH3 is 1. The Morgan fingerprint density at radius 2 is 1.34 bits per heavy atom. The van der Waals surface area contributed by atoms with Crippen LogP contribution >= 0.6 is 0 Å². The molecule has 0 radical (unpaired) electrons. The Bertz CT molecular complexity index is 974. The van der Waals surface area contributed by atoms with Gasteiger partial charge in [0.1, 0.15) is 5.75 Å². The van der Waals surface area contributed by atoms with Gasteiger partial charge in [-0.05, 0) is 70.5 Å². The average Bonchev–Trinajstić information content (AvgIpc) is 2.80. The summed E-state index contributed by atoms with van der Waals surface area (Å²) < 4.78 is 12.4. The first-order valence-corrected chi connectivity index (χ1v) is 11.9. The maximum absolute atomic E-state index is 6.47. The van der Waals surface area contributed by atoms with Crippen LogP contribution in [0.25, 0.3) is 0 Å². The van der Waals surface area contributed by atoms with Gasteiger partial charge in [-0.15, -0.1) is 0 Å². The van der Waals surface area contributed by atoms with Gasteiger partial charge in [0.05, 0.1) is 5.92 Å². The number of hydrogen-bond acceptors (Lipinski definition) is 2. The van der Waals surface area contributed by atoms with Crippen molar-refractivity contribution in [3.63, 3.8) is 0 Å². The van der Waals surface area contributed by atoms with Crippen LogP contribution in [0.2, 0.25) is 0 Å². The Morgan fingerprint density at radius 1 is 0.781 bits per heavy atom. The first-order valence-electron chi connectivity index (χ1n) is 11.9. The van der Waals surface area contributed by atoms with Crippen molar-refractivity contribution in [1.29, 1.82) is 0 Å². The lowest BCUT2D eigenvalue weighted by Crippen LogP contribution is -2.31. The van der Waals surface area contributed by atoms with Gasteiger partial charge in [0.2, 0.25) is 6.29 Å². The van der Waals surface area contributed by atoms with Crippen LogP contribution in [0.5, 0.6) is 5.75 Å². The zero-order chi connectivity index (χ0) is 22.7. The van der Waals surface area contributed by atoms with Gasteiger partial charge in [-0.2, -0.15) is 0 Å². The standard InChI is InChI=1S/C30H36O2/c1-20(2)18-28(21(3)4)22-14-16-25(17-15-22)32-30(31-5)29-26-12-8-6-10-23(26)19-24-11-7-9-13-27(24)29/h6-17,20-21,28-30H,18-19H2,1-5H3. The molecule has 0 amide bonds. The fourth-order valence-electron chi connectivity index (χ4n) is 5.14. The average molecular weight is 429 g/mol. The quantitative estimate of drug-likeness (QED) is 0.345. The predicted molar refractivity (Wildman–Crippen MR) is 132 cm³/mol. The van der Waals surface area contributed by atoms with Crippen molar-refractivity contribution in [3.8, 4) is 5.75 Å². The van der Waals surface area contributed by atoms with E-state index in [1.54, 1.807) is 7.11 Å². The summed E-state index contributed by atoms with van der Waals surface area (Å²) in [4.78, 5) is 0. The fraction of sp³-hybridized carbons (Fsp3) is 0.400. The van der Waals surface area contributed by atoms with Crippen LogP contribution in [0, 0.1) is 11.8 Å². The molecule has 32 heavy (non-hydrogen) atoms. The van der Waals surface area contributed by atoms with E-state index in [0.717, 1.165) is 12.2 Å². The molecule has 1 aliphatic carbocycles. The van der Waals surface area contributed by atoms with Crippen molar-refractivity contribution in [3.05, 3.63) is 101 Å². The van der Waals surface area contributed by atoms with E-state index in [0.29, 0.717) is 17.8 Å². The van der Waals surface area contributed by atoms with Crippen LogP contribution in [0.15, 0.2) is 72.8 Å². The van der Waals surface area contributed by atoms with E-state index in [-0.39, 0.29) is 12.2 Å². The highest BCUT2D eigenvalue weighted by Gasteiger charge is 2.33. The predicted octanol–water partition coefficient (Wildman–Crippen LogP) is 7.56. The van der Waals surface area contributed by atoms with Crippen LogP contribution in [-0.4, -0.2) is 13.4 Å². The van der Waals surface area contributed by atoms with E-state index in [2.05, 4.69) is 100 Å². The summed E-state index contributed by atoms with van der Waals surface area (Å²) in [7, 11) is 1.75. The summed E-state index contributed by atoms with van der Waals surface area (Å²) in [6, 6.07) is 26.0. The van der Waals surface area contributed by atoms with Crippen LogP contribution in [0.3, 0.4) is 0 Å². The Morgan fingerprint density at radius 3 is 1.84 bits per heavy atom. The minimum Gasteiger partial charge on any atom is -0.464 e. The summed E-state index contributed by atoms with van der Waals surface area (Å²) in [6.45, 7) is 9.23. The topological polar surface area (TPSA) is 18.5 Å². The smallest absolute Gasteiger partial charge is 0.210 e. The van der Waals surface area contributed by atoms with Gasteiger partial charge in [-0.3, -0.25) is 0 Å². The van der Waals surface area contributed by atoms with E-state index >= 15 is 0 Å². The molecular formula is C30H36O2. The molecule has 0 heterocycles. The van der Waals surface area contributed by atoms with Gasteiger partial charge < -0.3 is 9.47 Å². The Labute approximate surface area is 193 Å². The molecule has 0 spiro atoms. The molecule has 0 bridgehead atoms. The van der Waals surface area contributed by atoms with Gasteiger partial charge in [-0.1, -0.05) is 88.4 Å². The van der Waals surface area contributed by atoms with Crippen molar-refractivity contribution in [2.24, 2.45) is 11.8 Å². The molecule has 0 saturated heterocycles. The van der Waals surface area contributed by atoms with Crippen molar-refractivity contribution >= 4 is 0 Å². The largest absolute Gasteiger partial charge is 0.464 e. The maximum Gasteiger partial charge on any atom is 0.210 e. The lowest BCUT2D eigenvalue weighted by Gasteiger charge is -2.33. The van der Waals surface area contributed by atoms with Gasteiger partial charge in [0, 0.05) is 7.11 Å². The van der Waals surface area contributed by atoms with Crippen molar-refractivity contribution in [1.82, 2.24) is 0 Å². The molecule has 2 nitrogen and oxygen atoms in total. The summed E-state index contributed by atoms with van der Waals surface area (Å²) in [5.41, 5.74) is 6.69. The van der Waals surface area contributed by atoms with E-state index in [1.807, 2.05) is 0 Å². The number of ether oxygens (including phenoxy) is 2. The molecule has 1 aliphatic rings. The fourth-order valence-corrected chi connectivity index (χ4v) is 5.14. The van der Waals surface area contributed by atoms with Crippen molar-refractivity contribution in [2.75, 3.05) is 7.11 Å². The van der Waals surface area contributed by atoms with Crippen molar-refractivity contribution in [2.45, 2.75) is 58.7 Å². The number of rotatable bonds is 8. The van der Waals surface area contributed by atoms with Crippen LogP contribution < -0.4 is 4.74 Å². The van der Waals surface area contributed by atoms with Crippen LogP contribution in [0.4, 0.5) is 0 Å².